The van der Waals surface area contributed by atoms with E-state index >= 15 is 0 Å². The molecule has 0 N–H and O–H groups in total. The number of hydrogen-bond acceptors (Lipinski definition) is 4. The van der Waals surface area contributed by atoms with E-state index in [4.69, 9.17) is 0 Å². The molecule has 0 saturated heterocycles. The Balaban J connectivity index is 1.11. The maximum Gasteiger partial charge on any atom is 0.141 e. The Bertz CT molecular complexity index is 3190. The maximum absolute atomic E-state index is 9.52. The van der Waals surface area contributed by atoms with E-state index in [2.05, 4.69) is 168 Å². The summed E-state index contributed by atoms with van der Waals surface area (Å²) in [5.41, 5.74) is 19.1. The van der Waals surface area contributed by atoms with Crippen LogP contribution in [0.25, 0.3) is 77.5 Å². The number of aromatic nitrogens is 2. The second kappa shape index (κ2) is 12.6. The van der Waals surface area contributed by atoms with Gasteiger partial charge in [-0.3, -0.25) is 0 Å². The maximum atomic E-state index is 9.52. The summed E-state index contributed by atoms with van der Waals surface area (Å²) in [6.07, 6.45) is 3.39. The van der Waals surface area contributed by atoms with Gasteiger partial charge in [-0.05, 0) is 148 Å². The molecule has 7 aromatic carbocycles. The van der Waals surface area contributed by atoms with Gasteiger partial charge in [0.05, 0.1) is 5.41 Å². The number of fused-ring (bicyclic) bond motifs is 12. The fourth-order valence-corrected chi connectivity index (χ4v) is 9.44. The average Bonchev–Trinajstić information content (AvgIpc) is 3.76. The molecule has 57 heavy (non-hydrogen) atoms. The molecule has 1 spiro atoms. The van der Waals surface area contributed by atoms with E-state index in [9.17, 15) is 10.5 Å². The van der Waals surface area contributed by atoms with Crippen LogP contribution in [0.4, 0.5) is 0 Å². The summed E-state index contributed by atoms with van der Waals surface area (Å²) < 4.78 is 0. The monoisotopic (exact) mass is 722 g/mol. The van der Waals surface area contributed by atoms with Crippen LogP contribution in [0.15, 0.2) is 182 Å². The molecule has 0 aliphatic heterocycles. The Kier molecular flexibility index (Phi) is 7.17. The lowest BCUT2D eigenvalue weighted by atomic mass is 9.69. The first kappa shape index (κ1) is 32.5. The van der Waals surface area contributed by atoms with E-state index in [-0.39, 0.29) is 0 Å². The molecule has 2 aromatic heterocycles. The van der Waals surface area contributed by atoms with E-state index in [1.165, 1.54) is 55.3 Å². The Hall–Kier alpha value is -7.92. The van der Waals surface area contributed by atoms with E-state index in [1.54, 1.807) is 12.4 Å². The highest BCUT2D eigenvalue weighted by Crippen LogP contribution is 2.64. The van der Waals surface area contributed by atoms with E-state index in [0.717, 1.165) is 44.5 Å². The Morgan fingerprint density at radius 1 is 0.368 bits per heavy atom. The number of hydrogen-bond donors (Lipinski definition) is 0. The van der Waals surface area contributed by atoms with Crippen LogP contribution in [0.2, 0.25) is 0 Å². The lowest BCUT2D eigenvalue weighted by Gasteiger charge is -2.31. The van der Waals surface area contributed by atoms with Crippen molar-refractivity contribution in [2.24, 2.45) is 0 Å². The molecule has 4 nitrogen and oxygen atoms in total. The molecule has 2 aliphatic carbocycles. The molecule has 2 aliphatic rings. The second-order valence-electron chi connectivity index (χ2n) is 14.8. The quantitative estimate of drug-likeness (QED) is 0.181. The predicted molar refractivity (Wildman–Crippen MR) is 227 cm³/mol. The first-order valence-electron chi connectivity index (χ1n) is 19.0. The lowest BCUT2D eigenvalue weighted by molar-refractivity contribution is 0.801. The summed E-state index contributed by atoms with van der Waals surface area (Å²) in [5, 5.41) is 21.4. The van der Waals surface area contributed by atoms with Crippen LogP contribution in [-0.4, -0.2) is 9.97 Å². The minimum absolute atomic E-state index is 0.404. The zero-order valence-electron chi connectivity index (χ0n) is 30.6. The third-order valence-electron chi connectivity index (χ3n) is 11.9. The van der Waals surface area contributed by atoms with Crippen LogP contribution in [0.3, 0.4) is 0 Å². The second-order valence-corrected chi connectivity index (χ2v) is 14.8. The Labute approximate surface area is 330 Å². The molecule has 0 atom stereocenters. The van der Waals surface area contributed by atoms with Gasteiger partial charge in [-0.15, -0.1) is 0 Å². The van der Waals surface area contributed by atoms with Crippen molar-refractivity contribution in [3.8, 4) is 78.9 Å². The molecule has 262 valence electrons. The van der Waals surface area contributed by atoms with Gasteiger partial charge in [-0.2, -0.15) is 10.5 Å². The number of nitrogens with zero attached hydrogens (tertiary/aromatic N) is 4. The normalized spacial score (nSPS) is 12.7. The fourth-order valence-electron chi connectivity index (χ4n) is 9.44. The minimum Gasteiger partial charge on any atom is -0.246 e. The van der Waals surface area contributed by atoms with Crippen molar-refractivity contribution in [3.05, 3.63) is 216 Å². The van der Waals surface area contributed by atoms with Crippen LogP contribution < -0.4 is 0 Å². The van der Waals surface area contributed by atoms with Crippen LogP contribution in [0.1, 0.15) is 33.6 Å². The molecule has 0 unspecified atom stereocenters. The molecule has 0 fully saturated rings. The number of nitriles is 2. The summed E-state index contributed by atoms with van der Waals surface area (Å²) in [6.45, 7) is 0. The van der Waals surface area contributed by atoms with Crippen LogP contribution in [0.5, 0.6) is 0 Å². The molecule has 11 rings (SSSR count). The topological polar surface area (TPSA) is 73.4 Å². The number of rotatable bonds is 4. The van der Waals surface area contributed by atoms with Crippen LogP contribution in [-0.2, 0) is 5.41 Å². The van der Waals surface area contributed by atoms with E-state index < -0.39 is 5.41 Å². The highest BCUT2D eigenvalue weighted by molar-refractivity contribution is 6.05. The average molecular weight is 723 g/mol. The first-order valence-corrected chi connectivity index (χ1v) is 19.0. The van der Waals surface area contributed by atoms with Crippen molar-refractivity contribution < 1.29 is 0 Å². The van der Waals surface area contributed by atoms with Gasteiger partial charge in [-0.25, -0.2) is 9.97 Å². The van der Waals surface area contributed by atoms with Gasteiger partial charge in [0.15, 0.2) is 0 Å². The van der Waals surface area contributed by atoms with Crippen molar-refractivity contribution in [3.63, 3.8) is 0 Å². The SMILES string of the molecule is N#Cc1cc(-c2cccc(-c3ccc4c(c3)C3(c5ccccc5-c5ccccc53)c3c-4ccc4cc(-c5cccc(-c6ccnc(C#N)c6)c5)ccc34)c2)ccn1. The van der Waals surface area contributed by atoms with Gasteiger partial charge in [0, 0.05) is 12.4 Å². The zero-order valence-corrected chi connectivity index (χ0v) is 30.6. The summed E-state index contributed by atoms with van der Waals surface area (Å²) in [7, 11) is 0. The third kappa shape index (κ3) is 4.85. The summed E-state index contributed by atoms with van der Waals surface area (Å²) in [6, 6.07) is 65.4. The number of pyridine rings is 2. The van der Waals surface area contributed by atoms with Crippen molar-refractivity contribution >= 4 is 10.8 Å². The van der Waals surface area contributed by atoms with Gasteiger partial charge in [0.25, 0.3) is 0 Å². The first-order chi connectivity index (χ1) is 28.1. The molecule has 2 heterocycles. The van der Waals surface area contributed by atoms with Crippen molar-refractivity contribution in [2.75, 3.05) is 0 Å². The minimum atomic E-state index is -0.529. The lowest BCUT2D eigenvalue weighted by Crippen LogP contribution is -2.26. The Morgan fingerprint density at radius 2 is 0.842 bits per heavy atom. The van der Waals surface area contributed by atoms with Crippen LogP contribution >= 0.6 is 0 Å². The molecule has 4 heteroatoms. The molecule has 0 saturated carbocycles. The van der Waals surface area contributed by atoms with E-state index in [0.29, 0.717) is 11.4 Å². The Morgan fingerprint density at radius 3 is 1.42 bits per heavy atom. The summed E-state index contributed by atoms with van der Waals surface area (Å²) in [4.78, 5) is 8.36. The van der Waals surface area contributed by atoms with Gasteiger partial charge in [0.2, 0.25) is 0 Å². The molecular formula is C53H30N4. The zero-order chi connectivity index (χ0) is 38.1. The van der Waals surface area contributed by atoms with Gasteiger partial charge < -0.3 is 0 Å². The van der Waals surface area contributed by atoms with Crippen molar-refractivity contribution in [1.82, 2.24) is 9.97 Å². The molecule has 9 aromatic rings. The van der Waals surface area contributed by atoms with Gasteiger partial charge in [0.1, 0.15) is 23.5 Å². The molecule has 0 bridgehead atoms. The smallest absolute Gasteiger partial charge is 0.141 e. The molecule has 0 amide bonds. The summed E-state index contributed by atoms with van der Waals surface area (Å²) >= 11 is 0. The van der Waals surface area contributed by atoms with Crippen molar-refractivity contribution in [1.29, 1.82) is 10.5 Å². The standard InChI is InChI=1S/C53H30N4/c54-31-42-28-39(21-23-56-42)35-9-5-7-33(25-35)37-15-18-44-41(27-37)17-20-48-47-19-16-38(34-8-6-10-36(26-34)40-22-24-57-43(29-40)32-55)30-51(47)53(52(44)48)49-13-3-1-11-45(49)46-12-2-4-14-50(46)53/h1-30H. The highest BCUT2D eigenvalue weighted by atomic mass is 14.7. The fraction of sp³-hybridized carbons (Fsp3) is 0.0189. The predicted octanol–water partition coefficient (Wildman–Crippen LogP) is 12.4. The van der Waals surface area contributed by atoms with Gasteiger partial charge in [-0.1, -0.05) is 121 Å². The van der Waals surface area contributed by atoms with E-state index in [1.807, 2.05) is 24.3 Å². The third-order valence-corrected chi connectivity index (χ3v) is 11.9. The van der Waals surface area contributed by atoms with Crippen molar-refractivity contribution in [2.45, 2.75) is 5.41 Å². The summed E-state index contributed by atoms with van der Waals surface area (Å²) in [5.74, 6) is 0. The highest BCUT2D eigenvalue weighted by Gasteiger charge is 2.52. The molecule has 0 radical (unpaired) electrons. The van der Waals surface area contributed by atoms with Gasteiger partial charge >= 0.3 is 0 Å². The number of benzene rings is 7. The largest absolute Gasteiger partial charge is 0.246 e. The molecular weight excluding hydrogens is 693 g/mol. The van der Waals surface area contributed by atoms with Crippen LogP contribution in [0, 0.1) is 22.7 Å².